The van der Waals surface area contributed by atoms with Crippen LogP contribution in [0.1, 0.15) is 39.0 Å². The van der Waals surface area contributed by atoms with Crippen molar-refractivity contribution in [2.24, 2.45) is 5.73 Å². The summed E-state index contributed by atoms with van der Waals surface area (Å²) < 4.78 is 1.82. The summed E-state index contributed by atoms with van der Waals surface area (Å²) in [5, 5.41) is 7.51. The Bertz CT molecular complexity index is 644. The third kappa shape index (κ3) is 5.08. The van der Waals surface area contributed by atoms with E-state index in [9.17, 15) is 4.79 Å². The predicted molar refractivity (Wildman–Crippen MR) is 96.0 cm³/mol. The molecule has 23 heavy (non-hydrogen) atoms. The molecule has 6 heteroatoms. The van der Waals surface area contributed by atoms with Gasteiger partial charge in [0, 0.05) is 11.5 Å². The van der Waals surface area contributed by atoms with Crippen molar-refractivity contribution in [2.45, 2.75) is 45.7 Å². The first kappa shape index (κ1) is 19.2. The fraction of sp³-hybridized carbons (Fsp3) is 0.412. The van der Waals surface area contributed by atoms with Crippen molar-refractivity contribution >= 4 is 24.1 Å². The van der Waals surface area contributed by atoms with Crippen LogP contribution in [0.15, 0.2) is 36.4 Å². The van der Waals surface area contributed by atoms with Crippen molar-refractivity contribution < 1.29 is 4.79 Å². The first-order valence-corrected chi connectivity index (χ1v) is 7.46. The van der Waals surface area contributed by atoms with Crippen LogP contribution in [0.25, 0.3) is 0 Å². The molecule has 0 radical (unpaired) electrons. The van der Waals surface area contributed by atoms with Gasteiger partial charge < -0.3 is 11.1 Å². The number of benzene rings is 1. The summed E-state index contributed by atoms with van der Waals surface area (Å²) in [6, 6.07) is 11.4. The maximum absolute atomic E-state index is 11.9. The highest BCUT2D eigenvalue weighted by atomic mass is 35.5. The topological polar surface area (TPSA) is 72.9 Å². The number of carbonyl (C=O) groups is 1. The number of rotatable bonds is 4. The third-order valence-electron chi connectivity index (χ3n) is 3.39. The Morgan fingerprint density at radius 3 is 2.43 bits per heavy atom. The largest absolute Gasteiger partial charge is 0.320 e. The average Bonchev–Trinajstić information content (AvgIpc) is 2.83. The van der Waals surface area contributed by atoms with Gasteiger partial charge >= 0.3 is 0 Å². The number of amides is 1. The second-order valence-corrected chi connectivity index (χ2v) is 6.59. The van der Waals surface area contributed by atoms with E-state index in [1.165, 1.54) is 0 Å². The molecule has 1 aromatic heterocycles. The van der Waals surface area contributed by atoms with Crippen molar-refractivity contribution in [3.63, 3.8) is 0 Å². The lowest BCUT2D eigenvalue weighted by Crippen LogP contribution is -2.33. The Morgan fingerprint density at radius 2 is 1.91 bits per heavy atom. The molecular weight excluding hydrogens is 312 g/mol. The van der Waals surface area contributed by atoms with Crippen LogP contribution >= 0.6 is 12.4 Å². The van der Waals surface area contributed by atoms with Gasteiger partial charge in [0.2, 0.25) is 5.91 Å². The van der Waals surface area contributed by atoms with Crippen LogP contribution in [0.4, 0.5) is 5.82 Å². The lowest BCUT2D eigenvalue weighted by Gasteiger charge is -2.14. The molecule has 0 spiro atoms. The minimum atomic E-state index is -0.557. The molecule has 0 aliphatic heterocycles. The molecule has 5 nitrogen and oxygen atoms in total. The second kappa shape index (κ2) is 7.62. The Balaban J connectivity index is 0.00000264. The molecular formula is C17H25ClN4O. The lowest BCUT2D eigenvalue weighted by molar-refractivity contribution is -0.117. The van der Waals surface area contributed by atoms with Crippen molar-refractivity contribution in [2.75, 3.05) is 5.32 Å². The van der Waals surface area contributed by atoms with Crippen LogP contribution in [0.3, 0.4) is 0 Å². The number of halogens is 1. The van der Waals surface area contributed by atoms with Gasteiger partial charge in [-0.15, -0.1) is 12.4 Å². The van der Waals surface area contributed by atoms with Gasteiger partial charge in [-0.2, -0.15) is 5.10 Å². The standard InChI is InChI=1S/C17H24N4O.ClH/c1-12(18)16(22)19-15-10-14(17(2,3)4)20-21(15)11-13-8-6-5-7-9-13;/h5-10,12H,11,18H2,1-4H3,(H,19,22);1H/t12-;/m1./s1. The summed E-state index contributed by atoms with van der Waals surface area (Å²) in [4.78, 5) is 11.9. The molecule has 0 bridgehead atoms. The van der Waals surface area contributed by atoms with Crippen molar-refractivity contribution in [1.82, 2.24) is 9.78 Å². The molecule has 2 rings (SSSR count). The van der Waals surface area contributed by atoms with Gasteiger partial charge in [0.1, 0.15) is 5.82 Å². The van der Waals surface area contributed by atoms with E-state index >= 15 is 0 Å². The molecule has 3 N–H and O–H groups in total. The van der Waals surface area contributed by atoms with Gasteiger partial charge in [0.05, 0.1) is 18.3 Å². The zero-order chi connectivity index (χ0) is 16.3. The van der Waals surface area contributed by atoms with E-state index in [0.717, 1.165) is 11.3 Å². The number of anilines is 1. The summed E-state index contributed by atoms with van der Waals surface area (Å²) in [6.45, 7) is 8.56. The molecule has 0 fully saturated rings. The van der Waals surface area contributed by atoms with Crippen molar-refractivity contribution in [1.29, 1.82) is 0 Å². The fourth-order valence-corrected chi connectivity index (χ4v) is 2.00. The normalized spacial score (nSPS) is 12.4. The molecule has 0 aliphatic rings. The van der Waals surface area contributed by atoms with Gasteiger partial charge in [0.15, 0.2) is 0 Å². The number of carbonyl (C=O) groups excluding carboxylic acids is 1. The van der Waals surface area contributed by atoms with Gasteiger partial charge in [-0.3, -0.25) is 4.79 Å². The highest BCUT2D eigenvalue weighted by molar-refractivity contribution is 5.93. The summed E-state index contributed by atoms with van der Waals surface area (Å²) in [5.74, 6) is 0.464. The summed E-state index contributed by atoms with van der Waals surface area (Å²) in [5.41, 5.74) is 7.61. The Kier molecular flexibility index (Phi) is 6.36. The predicted octanol–water partition coefficient (Wildman–Crippen LogP) is 2.94. The van der Waals surface area contributed by atoms with Crippen LogP contribution in [0.2, 0.25) is 0 Å². The summed E-state index contributed by atoms with van der Waals surface area (Å²) in [6.07, 6.45) is 0. The number of nitrogens with two attached hydrogens (primary N) is 1. The van der Waals surface area contributed by atoms with Crippen molar-refractivity contribution in [3.8, 4) is 0 Å². The number of hydrogen-bond donors (Lipinski definition) is 2. The van der Waals surface area contributed by atoms with Crippen LogP contribution in [-0.4, -0.2) is 21.7 Å². The van der Waals surface area contributed by atoms with Gasteiger partial charge in [-0.05, 0) is 12.5 Å². The quantitative estimate of drug-likeness (QED) is 0.901. The Labute approximate surface area is 143 Å². The molecule has 0 aliphatic carbocycles. The summed E-state index contributed by atoms with van der Waals surface area (Å²) >= 11 is 0. The fourth-order valence-electron chi connectivity index (χ4n) is 2.00. The Hall–Kier alpha value is -1.85. The number of aromatic nitrogens is 2. The average molecular weight is 337 g/mol. The van der Waals surface area contributed by atoms with E-state index in [1.807, 2.05) is 41.1 Å². The highest BCUT2D eigenvalue weighted by Crippen LogP contribution is 2.24. The Morgan fingerprint density at radius 1 is 1.30 bits per heavy atom. The zero-order valence-corrected chi connectivity index (χ0v) is 14.9. The van der Waals surface area contributed by atoms with E-state index in [4.69, 9.17) is 5.73 Å². The van der Waals surface area contributed by atoms with E-state index in [-0.39, 0.29) is 23.7 Å². The molecule has 0 saturated heterocycles. The van der Waals surface area contributed by atoms with Crippen LogP contribution in [0, 0.1) is 0 Å². The second-order valence-electron chi connectivity index (χ2n) is 6.59. The molecule has 1 heterocycles. The van der Waals surface area contributed by atoms with E-state index in [1.54, 1.807) is 6.92 Å². The number of hydrogen-bond acceptors (Lipinski definition) is 3. The van der Waals surface area contributed by atoms with Crippen LogP contribution < -0.4 is 11.1 Å². The maximum Gasteiger partial charge on any atom is 0.242 e. The van der Waals surface area contributed by atoms with Crippen LogP contribution in [-0.2, 0) is 16.8 Å². The molecule has 1 aromatic carbocycles. The number of nitrogens with one attached hydrogen (secondary N) is 1. The first-order valence-electron chi connectivity index (χ1n) is 7.46. The van der Waals surface area contributed by atoms with Gasteiger partial charge in [0.25, 0.3) is 0 Å². The lowest BCUT2D eigenvalue weighted by atomic mass is 9.92. The molecule has 1 atom stereocenters. The summed E-state index contributed by atoms with van der Waals surface area (Å²) in [7, 11) is 0. The highest BCUT2D eigenvalue weighted by Gasteiger charge is 2.21. The van der Waals surface area contributed by atoms with E-state index < -0.39 is 6.04 Å². The molecule has 0 saturated carbocycles. The minimum absolute atomic E-state index is 0. The third-order valence-corrected chi connectivity index (χ3v) is 3.39. The van der Waals surface area contributed by atoms with Crippen molar-refractivity contribution in [3.05, 3.63) is 47.7 Å². The zero-order valence-electron chi connectivity index (χ0n) is 14.0. The minimum Gasteiger partial charge on any atom is -0.320 e. The maximum atomic E-state index is 11.9. The monoisotopic (exact) mass is 336 g/mol. The molecule has 2 aromatic rings. The smallest absolute Gasteiger partial charge is 0.242 e. The van der Waals surface area contributed by atoms with E-state index in [0.29, 0.717) is 12.4 Å². The molecule has 126 valence electrons. The first-order chi connectivity index (χ1) is 10.3. The van der Waals surface area contributed by atoms with Gasteiger partial charge in [-0.25, -0.2) is 4.68 Å². The van der Waals surface area contributed by atoms with Gasteiger partial charge in [-0.1, -0.05) is 51.1 Å². The number of nitrogens with zero attached hydrogens (tertiary/aromatic N) is 2. The SMILES string of the molecule is C[C@@H](N)C(=O)Nc1cc(C(C)(C)C)nn1Cc1ccccc1.Cl. The molecule has 0 unspecified atom stereocenters. The van der Waals surface area contributed by atoms with E-state index in [2.05, 4.69) is 31.2 Å². The molecule has 1 amide bonds. The van der Waals surface area contributed by atoms with Crippen LogP contribution in [0.5, 0.6) is 0 Å².